The number of carbonyl (C=O) groups is 1. The number of para-hydroxylation sites is 1. The standard InChI is InChI=1S/C30H33N3O4S/c1-4-10-23-26(29(35)37-5-2)27(22-11-6-7-12-24(22)36-3)33-28(34)25(38-30(33)31-23)19-20-13-15-21(16-14-20)32-17-8-9-18-32/h6-7,11-16,19,27H,4-5,8-10,17-18H2,1-3H3/b25-19+/t27-/m1/s1. The van der Waals surface area contributed by atoms with E-state index in [2.05, 4.69) is 29.2 Å². The summed E-state index contributed by atoms with van der Waals surface area (Å²) >= 11 is 1.35. The number of hydrogen-bond donors (Lipinski definition) is 0. The van der Waals surface area contributed by atoms with Gasteiger partial charge in [-0.05, 0) is 56.0 Å². The second-order valence-electron chi connectivity index (χ2n) is 9.44. The number of nitrogens with zero attached hydrogens (tertiary/aromatic N) is 3. The summed E-state index contributed by atoms with van der Waals surface area (Å²) < 4.78 is 13.3. The Bertz CT molecular complexity index is 1530. The van der Waals surface area contributed by atoms with E-state index in [0.717, 1.165) is 30.6 Å². The number of aromatic nitrogens is 1. The number of thiazole rings is 1. The van der Waals surface area contributed by atoms with Gasteiger partial charge in [0.1, 0.15) is 11.8 Å². The van der Waals surface area contributed by atoms with Gasteiger partial charge in [-0.1, -0.05) is 55.0 Å². The lowest BCUT2D eigenvalue weighted by molar-refractivity contribution is -0.139. The fraction of sp³-hybridized carbons (Fsp3) is 0.367. The largest absolute Gasteiger partial charge is 0.496 e. The van der Waals surface area contributed by atoms with Crippen molar-refractivity contribution < 1.29 is 14.3 Å². The molecule has 7 nitrogen and oxygen atoms in total. The molecule has 0 aliphatic carbocycles. The molecule has 0 unspecified atom stereocenters. The molecule has 0 saturated carbocycles. The van der Waals surface area contributed by atoms with Gasteiger partial charge in [0.25, 0.3) is 5.56 Å². The maximum Gasteiger partial charge on any atom is 0.338 e. The van der Waals surface area contributed by atoms with Crippen LogP contribution in [0.5, 0.6) is 5.75 Å². The van der Waals surface area contributed by atoms with E-state index >= 15 is 0 Å². The van der Waals surface area contributed by atoms with Gasteiger partial charge in [0.15, 0.2) is 4.80 Å². The van der Waals surface area contributed by atoms with E-state index in [4.69, 9.17) is 14.5 Å². The predicted octanol–water partition coefficient (Wildman–Crippen LogP) is 4.19. The average Bonchev–Trinajstić information content (AvgIpc) is 3.57. The van der Waals surface area contributed by atoms with Crippen LogP contribution in [0.15, 0.2) is 69.6 Å². The lowest BCUT2D eigenvalue weighted by atomic mass is 9.93. The first-order valence-corrected chi connectivity index (χ1v) is 14.1. The van der Waals surface area contributed by atoms with Gasteiger partial charge >= 0.3 is 5.97 Å². The molecular formula is C30H33N3O4S. The molecule has 2 aliphatic heterocycles. The fourth-order valence-corrected chi connectivity index (χ4v) is 6.24. The van der Waals surface area contributed by atoms with Gasteiger partial charge in [0.2, 0.25) is 0 Å². The molecule has 3 aromatic rings. The molecule has 2 aromatic carbocycles. The topological polar surface area (TPSA) is 73.1 Å². The molecule has 1 fully saturated rings. The molecule has 5 rings (SSSR count). The van der Waals surface area contributed by atoms with Crippen molar-refractivity contribution in [1.82, 2.24) is 4.57 Å². The van der Waals surface area contributed by atoms with Crippen LogP contribution in [0.3, 0.4) is 0 Å². The van der Waals surface area contributed by atoms with Crippen LogP contribution in [0.4, 0.5) is 5.69 Å². The molecule has 8 heteroatoms. The maximum atomic E-state index is 13.9. The third-order valence-electron chi connectivity index (χ3n) is 6.99. The highest BCUT2D eigenvalue weighted by molar-refractivity contribution is 7.07. The predicted molar refractivity (Wildman–Crippen MR) is 151 cm³/mol. The second kappa shape index (κ2) is 11.4. The van der Waals surface area contributed by atoms with E-state index in [0.29, 0.717) is 32.8 Å². The number of methoxy groups -OCH3 is 1. The van der Waals surface area contributed by atoms with Gasteiger partial charge in [0.05, 0.1) is 29.5 Å². The second-order valence-corrected chi connectivity index (χ2v) is 10.5. The first kappa shape index (κ1) is 26.0. The summed E-state index contributed by atoms with van der Waals surface area (Å²) in [5.74, 6) is 0.145. The summed E-state index contributed by atoms with van der Waals surface area (Å²) in [6.45, 7) is 6.23. The number of carbonyl (C=O) groups excluding carboxylic acids is 1. The number of ether oxygens (including phenoxy) is 2. The minimum absolute atomic E-state index is 0.189. The van der Waals surface area contributed by atoms with E-state index in [1.165, 1.54) is 29.9 Å². The maximum absolute atomic E-state index is 13.9. The average molecular weight is 532 g/mol. The molecule has 38 heavy (non-hydrogen) atoms. The lowest BCUT2D eigenvalue weighted by Crippen LogP contribution is -2.40. The Kier molecular flexibility index (Phi) is 7.79. The van der Waals surface area contributed by atoms with Crippen molar-refractivity contribution in [2.75, 3.05) is 31.7 Å². The monoisotopic (exact) mass is 531 g/mol. The molecule has 0 spiro atoms. The van der Waals surface area contributed by atoms with Gasteiger partial charge in [-0.3, -0.25) is 9.36 Å². The highest BCUT2D eigenvalue weighted by Crippen LogP contribution is 2.36. The Morgan fingerprint density at radius 2 is 1.84 bits per heavy atom. The van der Waals surface area contributed by atoms with Gasteiger partial charge in [-0.2, -0.15) is 0 Å². The summed E-state index contributed by atoms with van der Waals surface area (Å²) in [6.07, 6.45) is 5.76. The van der Waals surface area contributed by atoms with Crippen molar-refractivity contribution in [2.24, 2.45) is 4.99 Å². The minimum atomic E-state index is -0.692. The Morgan fingerprint density at radius 3 is 2.53 bits per heavy atom. The summed E-state index contributed by atoms with van der Waals surface area (Å²) in [7, 11) is 1.59. The first-order valence-electron chi connectivity index (χ1n) is 13.3. The number of anilines is 1. The molecule has 1 aromatic heterocycles. The normalized spacial score (nSPS) is 17.4. The van der Waals surface area contributed by atoms with Crippen molar-refractivity contribution in [1.29, 1.82) is 0 Å². The molecule has 198 valence electrons. The molecular weight excluding hydrogens is 498 g/mol. The van der Waals surface area contributed by atoms with Gasteiger partial charge in [0, 0.05) is 24.3 Å². The number of esters is 1. The van der Waals surface area contributed by atoms with E-state index in [1.807, 2.05) is 37.3 Å². The number of allylic oxidation sites excluding steroid dienone is 1. The Hall–Kier alpha value is -3.65. The van der Waals surface area contributed by atoms with Crippen molar-refractivity contribution in [3.8, 4) is 5.75 Å². The molecule has 0 amide bonds. The van der Waals surface area contributed by atoms with E-state index in [9.17, 15) is 9.59 Å². The van der Waals surface area contributed by atoms with E-state index in [1.54, 1.807) is 18.6 Å². The number of fused-ring (bicyclic) bond motifs is 1. The quantitative estimate of drug-likeness (QED) is 0.408. The first-order chi connectivity index (χ1) is 18.5. The van der Waals surface area contributed by atoms with Gasteiger partial charge in [-0.15, -0.1) is 0 Å². The molecule has 1 saturated heterocycles. The zero-order chi connectivity index (χ0) is 26.6. The SMILES string of the molecule is CCCC1=C(C(=O)OCC)[C@@H](c2ccccc2OC)n2c(s/c(=C/c3ccc(N4CCCC4)cc3)c2=O)=N1. The fourth-order valence-electron chi connectivity index (χ4n) is 5.22. The summed E-state index contributed by atoms with van der Waals surface area (Å²) in [5, 5.41) is 0. The van der Waals surface area contributed by atoms with Crippen LogP contribution in [0.1, 0.15) is 56.7 Å². The van der Waals surface area contributed by atoms with Gasteiger partial charge < -0.3 is 14.4 Å². The molecule has 1 atom stereocenters. The van der Waals surface area contributed by atoms with Crippen LogP contribution in [0.2, 0.25) is 0 Å². The molecule has 0 radical (unpaired) electrons. The van der Waals surface area contributed by atoms with E-state index < -0.39 is 12.0 Å². The van der Waals surface area contributed by atoms with Gasteiger partial charge in [-0.25, -0.2) is 9.79 Å². The summed E-state index contributed by atoms with van der Waals surface area (Å²) in [4.78, 5) is 35.0. The number of benzene rings is 2. The highest BCUT2D eigenvalue weighted by Gasteiger charge is 2.35. The smallest absolute Gasteiger partial charge is 0.338 e. The number of rotatable bonds is 8. The molecule has 3 heterocycles. The third-order valence-corrected chi connectivity index (χ3v) is 7.97. The molecule has 0 bridgehead atoms. The van der Waals surface area contributed by atoms with Crippen molar-refractivity contribution in [3.05, 3.63) is 90.6 Å². The van der Waals surface area contributed by atoms with E-state index in [-0.39, 0.29) is 12.2 Å². The van der Waals surface area contributed by atoms with Crippen molar-refractivity contribution in [3.63, 3.8) is 0 Å². The van der Waals surface area contributed by atoms with Crippen LogP contribution < -0.4 is 24.5 Å². The lowest BCUT2D eigenvalue weighted by Gasteiger charge is -2.26. The van der Waals surface area contributed by atoms with Crippen molar-refractivity contribution in [2.45, 2.75) is 45.6 Å². The Morgan fingerprint density at radius 1 is 1.11 bits per heavy atom. The van der Waals surface area contributed by atoms with Crippen LogP contribution in [0, 0.1) is 0 Å². The third kappa shape index (κ3) is 4.92. The zero-order valence-corrected chi connectivity index (χ0v) is 22.9. The molecule has 2 aliphatic rings. The number of hydrogen-bond acceptors (Lipinski definition) is 7. The Labute approximate surface area is 226 Å². The van der Waals surface area contributed by atoms with Crippen molar-refractivity contribution >= 4 is 29.1 Å². The highest BCUT2D eigenvalue weighted by atomic mass is 32.1. The minimum Gasteiger partial charge on any atom is -0.496 e. The summed E-state index contributed by atoms with van der Waals surface area (Å²) in [6, 6.07) is 15.1. The molecule has 0 N–H and O–H groups in total. The van der Waals surface area contributed by atoms with Crippen LogP contribution in [-0.2, 0) is 9.53 Å². The zero-order valence-electron chi connectivity index (χ0n) is 22.1. The Balaban J connectivity index is 1.67. The van der Waals surface area contributed by atoms with Crippen LogP contribution in [-0.4, -0.2) is 37.3 Å². The van der Waals surface area contributed by atoms with Crippen LogP contribution in [0.25, 0.3) is 6.08 Å². The van der Waals surface area contributed by atoms with Crippen LogP contribution >= 0.6 is 11.3 Å². The summed E-state index contributed by atoms with van der Waals surface area (Å²) in [5.41, 5.74) is 3.75.